The van der Waals surface area contributed by atoms with Crippen LogP contribution in [0.4, 0.5) is 4.79 Å². The van der Waals surface area contributed by atoms with Crippen LogP contribution in [0.2, 0.25) is 0 Å². The highest BCUT2D eigenvalue weighted by Crippen LogP contribution is 2.30. The van der Waals surface area contributed by atoms with Gasteiger partial charge in [0.1, 0.15) is 12.4 Å². The summed E-state index contributed by atoms with van der Waals surface area (Å²) in [4.78, 5) is 13.3. The van der Waals surface area contributed by atoms with Crippen molar-refractivity contribution in [3.8, 4) is 5.75 Å². The van der Waals surface area contributed by atoms with Crippen LogP contribution in [0.5, 0.6) is 5.75 Å². The summed E-state index contributed by atoms with van der Waals surface area (Å²) in [7, 11) is 0. The molecule has 5 heteroatoms. The molecule has 0 aromatic heterocycles. The van der Waals surface area contributed by atoms with Crippen LogP contribution >= 0.6 is 0 Å². The molecule has 2 N–H and O–H groups in total. The van der Waals surface area contributed by atoms with Crippen molar-refractivity contribution in [2.75, 3.05) is 13.2 Å². The Labute approximate surface area is 106 Å². The van der Waals surface area contributed by atoms with E-state index in [1.165, 1.54) is 0 Å². The zero-order chi connectivity index (χ0) is 13.2. The van der Waals surface area contributed by atoms with Gasteiger partial charge in [-0.25, -0.2) is 4.79 Å². The minimum absolute atomic E-state index is 0.00951. The molecule has 1 fully saturated rings. The van der Waals surface area contributed by atoms with E-state index in [1.807, 2.05) is 6.92 Å². The van der Waals surface area contributed by atoms with Gasteiger partial charge in [-0.3, -0.25) is 4.90 Å². The van der Waals surface area contributed by atoms with Crippen molar-refractivity contribution in [3.05, 3.63) is 29.8 Å². The molecule has 18 heavy (non-hydrogen) atoms. The van der Waals surface area contributed by atoms with Crippen LogP contribution in [0, 0.1) is 0 Å². The number of carbonyl (C=O) groups is 1. The number of rotatable bonds is 4. The van der Waals surface area contributed by atoms with Crippen LogP contribution < -0.4 is 0 Å². The van der Waals surface area contributed by atoms with E-state index in [2.05, 4.69) is 0 Å². The van der Waals surface area contributed by atoms with E-state index in [4.69, 9.17) is 9.84 Å². The van der Waals surface area contributed by atoms with Gasteiger partial charge in [0.25, 0.3) is 0 Å². The van der Waals surface area contributed by atoms with Crippen LogP contribution in [-0.4, -0.2) is 40.0 Å². The van der Waals surface area contributed by atoms with Crippen LogP contribution in [0.15, 0.2) is 24.3 Å². The molecule has 0 spiro atoms. The monoisotopic (exact) mass is 251 g/mol. The molecule has 0 radical (unpaired) electrons. The van der Waals surface area contributed by atoms with E-state index < -0.39 is 11.6 Å². The number of hydrogen-bond donors (Lipinski definition) is 2. The lowest BCUT2D eigenvalue weighted by atomic mass is 9.97. The van der Waals surface area contributed by atoms with Crippen molar-refractivity contribution in [2.24, 2.45) is 0 Å². The number of amides is 1. The lowest BCUT2D eigenvalue weighted by molar-refractivity contribution is 0.131. The van der Waals surface area contributed by atoms with Gasteiger partial charge in [-0.2, -0.15) is 0 Å². The summed E-state index contributed by atoms with van der Waals surface area (Å²) in [5.41, 5.74) is 0.147. The number of ether oxygens (including phenoxy) is 1. The molecule has 5 nitrogen and oxygen atoms in total. The molecule has 1 unspecified atom stereocenters. The van der Waals surface area contributed by atoms with E-state index in [-0.39, 0.29) is 25.5 Å². The second kappa shape index (κ2) is 4.86. The van der Waals surface area contributed by atoms with Crippen molar-refractivity contribution >= 4 is 6.09 Å². The molecule has 0 saturated carbocycles. The van der Waals surface area contributed by atoms with Gasteiger partial charge in [-0.15, -0.1) is 0 Å². The van der Waals surface area contributed by atoms with E-state index in [9.17, 15) is 9.90 Å². The molecule has 1 aliphatic rings. The van der Waals surface area contributed by atoms with Crippen LogP contribution in [-0.2, 0) is 11.3 Å². The zero-order valence-corrected chi connectivity index (χ0v) is 10.3. The molecule has 1 amide bonds. The molecule has 1 aromatic rings. The van der Waals surface area contributed by atoms with Crippen LogP contribution in [0.25, 0.3) is 0 Å². The molecule has 1 aromatic carbocycles. The second-order valence-corrected chi connectivity index (χ2v) is 4.74. The van der Waals surface area contributed by atoms with E-state index >= 15 is 0 Å². The molecular weight excluding hydrogens is 234 g/mol. The first kappa shape index (κ1) is 12.7. The standard InChI is InChI=1S/C13H17NO4/c1-13(6-7-15)9-18-12(17)14(13)8-10-4-2-3-5-11(10)16/h2-5,15-16H,6-9H2,1H3. The average Bonchev–Trinajstić information content (AvgIpc) is 2.61. The summed E-state index contributed by atoms with van der Waals surface area (Å²) in [5.74, 6) is 0.156. The van der Waals surface area contributed by atoms with Gasteiger partial charge >= 0.3 is 6.09 Å². The maximum absolute atomic E-state index is 11.7. The highest BCUT2D eigenvalue weighted by Gasteiger charge is 2.43. The van der Waals surface area contributed by atoms with Crippen LogP contribution in [0.3, 0.4) is 0 Å². The Morgan fingerprint density at radius 2 is 2.17 bits per heavy atom. The Kier molecular flexibility index (Phi) is 3.43. The van der Waals surface area contributed by atoms with E-state index in [0.717, 1.165) is 0 Å². The van der Waals surface area contributed by atoms with Crippen molar-refractivity contribution in [1.29, 1.82) is 0 Å². The minimum Gasteiger partial charge on any atom is -0.508 e. The topological polar surface area (TPSA) is 70.0 Å². The number of benzene rings is 1. The zero-order valence-electron chi connectivity index (χ0n) is 10.3. The third-order valence-corrected chi connectivity index (χ3v) is 3.35. The molecule has 2 rings (SSSR count). The van der Waals surface area contributed by atoms with E-state index in [1.54, 1.807) is 29.2 Å². The fraction of sp³-hybridized carbons (Fsp3) is 0.462. The number of cyclic esters (lactones) is 1. The third kappa shape index (κ3) is 2.26. The molecule has 1 atom stereocenters. The number of nitrogens with zero attached hydrogens (tertiary/aromatic N) is 1. The Morgan fingerprint density at radius 3 is 2.83 bits per heavy atom. The molecular formula is C13H17NO4. The Morgan fingerprint density at radius 1 is 1.44 bits per heavy atom. The first-order chi connectivity index (χ1) is 8.57. The third-order valence-electron chi connectivity index (χ3n) is 3.35. The first-order valence-corrected chi connectivity index (χ1v) is 5.89. The van der Waals surface area contributed by atoms with Gasteiger partial charge in [0.05, 0.1) is 12.1 Å². The summed E-state index contributed by atoms with van der Waals surface area (Å²) in [5, 5.41) is 18.8. The Balaban J connectivity index is 2.21. The van der Waals surface area contributed by atoms with Crippen molar-refractivity contribution in [2.45, 2.75) is 25.4 Å². The number of phenols is 1. The lowest BCUT2D eigenvalue weighted by Crippen LogP contribution is -2.44. The quantitative estimate of drug-likeness (QED) is 0.850. The maximum atomic E-state index is 11.7. The molecule has 1 saturated heterocycles. The van der Waals surface area contributed by atoms with Gasteiger partial charge in [0.2, 0.25) is 0 Å². The number of para-hydroxylation sites is 1. The smallest absolute Gasteiger partial charge is 0.410 e. The highest BCUT2D eigenvalue weighted by atomic mass is 16.6. The summed E-state index contributed by atoms with van der Waals surface area (Å²) in [6.07, 6.45) is 0.0426. The number of hydrogen-bond acceptors (Lipinski definition) is 4. The van der Waals surface area contributed by atoms with Crippen molar-refractivity contribution in [3.63, 3.8) is 0 Å². The van der Waals surface area contributed by atoms with Gasteiger partial charge in [0.15, 0.2) is 0 Å². The summed E-state index contributed by atoms with van der Waals surface area (Å²) in [6.45, 7) is 2.40. The summed E-state index contributed by atoms with van der Waals surface area (Å²) < 4.78 is 5.04. The van der Waals surface area contributed by atoms with Crippen LogP contribution in [0.1, 0.15) is 18.9 Å². The summed E-state index contributed by atoms with van der Waals surface area (Å²) in [6, 6.07) is 6.88. The number of carbonyl (C=O) groups excluding carboxylic acids is 1. The maximum Gasteiger partial charge on any atom is 0.410 e. The van der Waals surface area contributed by atoms with Crippen molar-refractivity contribution < 1.29 is 19.7 Å². The number of aliphatic hydroxyl groups is 1. The Bertz CT molecular complexity index is 448. The molecule has 1 heterocycles. The van der Waals surface area contributed by atoms with Gasteiger partial charge < -0.3 is 14.9 Å². The highest BCUT2D eigenvalue weighted by molar-refractivity contribution is 5.71. The molecule has 1 aliphatic heterocycles. The Hall–Kier alpha value is -1.75. The fourth-order valence-corrected chi connectivity index (χ4v) is 2.11. The summed E-state index contributed by atoms with van der Waals surface area (Å²) >= 11 is 0. The van der Waals surface area contributed by atoms with Gasteiger partial charge in [-0.1, -0.05) is 18.2 Å². The van der Waals surface area contributed by atoms with Gasteiger partial charge in [-0.05, 0) is 19.4 Å². The second-order valence-electron chi connectivity index (χ2n) is 4.74. The van der Waals surface area contributed by atoms with E-state index in [0.29, 0.717) is 12.0 Å². The number of aliphatic hydroxyl groups excluding tert-OH is 1. The molecule has 0 bridgehead atoms. The lowest BCUT2D eigenvalue weighted by Gasteiger charge is -2.31. The largest absolute Gasteiger partial charge is 0.508 e. The average molecular weight is 251 g/mol. The number of aromatic hydroxyl groups is 1. The fourth-order valence-electron chi connectivity index (χ4n) is 2.11. The SMILES string of the molecule is CC1(CCO)COC(=O)N1Cc1ccccc1O. The first-order valence-electron chi connectivity index (χ1n) is 5.89. The predicted molar refractivity (Wildman–Crippen MR) is 65.1 cm³/mol. The molecule has 0 aliphatic carbocycles. The normalized spacial score (nSPS) is 23.2. The molecule has 98 valence electrons. The predicted octanol–water partition coefficient (Wildman–Crippen LogP) is 1.49. The van der Waals surface area contributed by atoms with Crippen molar-refractivity contribution in [1.82, 2.24) is 4.90 Å². The number of phenolic OH excluding ortho intramolecular Hbond substituents is 1. The van der Waals surface area contributed by atoms with Gasteiger partial charge in [0, 0.05) is 12.2 Å². The minimum atomic E-state index is -0.520.